The molecule has 0 aliphatic rings. The van der Waals surface area contributed by atoms with Crippen LogP contribution >= 0.6 is 0 Å². The van der Waals surface area contributed by atoms with Crippen LogP contribution in [-0.4, -0.2) is 83.1 Å². The zero-order valence-corrected chi connectivity index (χ0v) is 43.7. The Kier molecular flexibility index (Phi) is 28.3. The van der Waals surface area contributed by atoms with Crippen molar-refractivity contribution in [2.75, 3.05) is 42.7 Å². The fourth-order valence-corrected chi connectivity index (χ4v) is 5.70. The summed E-state index contributed by atoms with van der Waals surface area (Å²) < 4.78 is 30.1. The molecule has 72 heavy (non-hydrogen) atoms. The van der Waals surface area contributed by atoms with Crippen molar-refractivity contribution in [2.45, 2.75) is 55.4 Å². The first-order valence-corrected chi connectivity index (χ1v) is 22.3. The molecule has 0 fully saturated rings. The van der Waals surface area contributed by atoms with Gasteiger partial charge in [0.2, 0.25) is 0 Å². The van der Waals surface area contributed by atoms with Crippen molar-refractivity contribution in [2.24, 2.45) is 0 Å². The summed E-state index contributed by atoms with van der Waals surface area (Å²) in [7, 11) is 9.79. The second-order valence-corrected chi connectivity index (χ2v) is 15.3. The van der Waals surface area contributed by atoms with Gasteiger partial charge in [-0.25, -0.2) is 0 Å². The Bertz CT molecular complexity index is 2600. The molecule has 0 bridgehead atoms. The predicted molar refractivity (Wildman–Crippen MR) is 282 cm³/mol. The van der Waals surface area contributed by atoms with Gasteiger partial charge in [0.1, 0.15) is 23.0 Å². The number of carbonyl (C=O) groups excluding carboxylic acids is 7. The van der Waals surface area contributed by atoms with E-state index in [1.54, 1.807) is 110 Å². The van der Waals surface area contributed by atoms with Gasteiger partial charge < -0.3 is 28.4 Å². The first kappa shape index (κ1) is 61.6. The van der Waals surface area contributed by atoms with E-state index in [9.17, 15) is 33.6 Å². The maximum Gasteiger partial charge on any atom is 0.160 e. The molecule has 6 aromatic rings. The number of allylic oxidation sites excluding steroid dienone is 1. The van der Waals surface area contributed by atoms with Gasteiger partial charge in [0.25, 0.3) is 0 Å². The molecule has 0 heterocycles. The zero-order chi connectivity index (χ0) is 54.3. The lowest BCUT2D eigenvalue weighted by molar-refractivity contribution is -0.112. The second-order valence-electron chi connectivity index (χ2n) is 15.3. The Morgan fingerprint density at radius 3 is 0.917 bits per heavy atom. The number of carbonyl (C=O) groups is 7. The molecule has 0 spiro atoms. The van der Waals surface area contributed by atoms with E-state index in [0.29, 0.717) is 33.4 Å². The van der Waals surface area contributed by atoms with Crippen LogP contribution in [0.1, 0.15) is 122 Å². The summed E-state index contributed by atoms with van der Waals surface area (Å²) in [6.07, 6.45) is 3.32. The van der Waals surface area contributed by atoms with Crippen LogP contribution in [0.3, 0.4) is 0 Å². The first-order chi connectivity index (χ1) is 34.1. The number of hydrogen-bond acceptors (Lipinski definition) is 13. The highest BCUT2D eigenvalue weighted by atomic mass is 16.5. The molecule has 0 radical (unpaired) electrons. The van der Waals surface area contributed by atoms with E-state index in [-0.39, 0.29) is 40.5 Å². The molecular weight excluding hydrogens is 917 g/mol. The molecule has 0 unspecified atom stereocenters. The van der Waals surface area contributed by atoms with Crippen molar-refractivity contribution >= 4 is 46.6 Å². The van der Waals surface area contributed by atoms with Gasteiger partial charge in [-0.15, -0.1) is 0 Å². The van der Waals surface area contributed by atoms with E-state index in [4.69, 9.17) is 28.4 Å². The summed E-state index contributed by atoms with van der Waals surface area (Å²) in [6.45, 7) is 12.3. The normalized spacial score (nSPS) is 9.58. The molecule has 0 aromatic heterocycles. The number of ether oxygens (including phenoxy) is 6. The summed E-state index contributed by atoms with van der Waals surface area (Å²) in [5.41, 5.74) is 5.27. The van der Waals surface area contributed by atoms with Crippen molar-refractivity contribution in [3.8, 4) is 34.5 Å². The Morgan fingerprint density at radius 2 is 0.639 bits per heavy atom. The average molecular weight is 983 g/mol. The minimum absolute atomic E-state index is 0.0186. The summed E-state index contributed by atoms with van der Waals surface area (Å²) in [6, 6.07) is 39.0. The molecule has 380 valence electrons. The van der Waals surface area contributed by atoms with E-state index in [1.807, 2.05) is 73.7 Å². The molecule has 0 aliphatic carbocycles. The minimum Gasteiger partial charge on any atom is -0.497 e. The third-order valence-corrected chi connectivity index (χ3v) is 9.86. The summed E-state index contributed by atoms with van der Waals surface area (Å²) in [4.78, 5) is 76.6. The van der Waals surface area contributed by atoms with Gasteiger partial charge in [-0.3, -0.25) is 33.6 Å². The highest BCUT2D eigenvalue weighted by Gasteiger charge is 2.10. The molecule has 0 saturated carbocycles. The molecule has 0 aliphatic heterocycles. The summed E-state index contributed by atoms with van der Waals surface area (Å²) >= 11 is 0. The summed E-state index contributed by atoms with van der Waals surface area (Å²) in [5.74, 6) is 4.60. The van der Waals surface area contributed by atoms with Gasteiger partial charge in [-0.05, 0) is 158 Å². The number of rotatable bonds is 14. The molecule has 13 heteroatoms. The molecule has 0 saturated heterocycles. The number of aryl methyl sites for hydroxylation is 1. The van der Waals surface area contributed by atoms with Crippen LogP contribution in [0.15, 0.2) is 140 Å². The van der Waals surface area contributed by atoms with Crippen molar-refractivity contribution < 1.29 is 62.0 Å². The van der Waals surface area contributed by atoms with Crippen molar-refractivity contribution in [3.63, 3.8) is 0 Å². The highest BCUT2D eigenvalue weighted by Crippen LogP contribution is 2.25. The number of methoxy groups -OCH3 is 6. The first-order valence-electron chi connectivity index (χ1n) is 22.3. The Morgan fingerprint density at radius 1 is 0.333 bits per heavy atom. The maximum absolute atomic E-state index is 11.2. The predicted octanol–water partition coefficient (Wildman–Crippen LogP) is 12.3. The standard InChI is InChI=1S/C12H12O3.C11H12O2.C10H10O2.C9H12O2.C9H10O2.C8H10O2/c1-7(13)10-4-11(8(2)14)6-12(5-10)9(3)15;1-9(12)3-4-10-5-7-11(13-2)8-6-10;1-7(11)9-3-5-10(6-4-9)8(2)12;1-7-6-8(10-2)4-5-9(7)11-3;1-7(10)8-3-5-9(11-2)6-4-8;1-9-7-5-3-4-6-8(7)10-2/h4-6H,1-3H3;3-8H,1-2H3;3-6H,1-2H3;4-6H,1-3H3;3-6H,1-2H3;3-6H,1-2H3. The SMILES string of the molecule is CC(=O)c1cc(C(C)=O)cc(C(C)=O)c1.CC(=O)c1ccc(C(C)=O)cc1.COc1ccc(C(C)=O)cc1.COc1ccc(C=CC(C)=O)cc1.COc1ccc(OC)c(C)c1.COc1ccccc1OC. The fraction of sp³-hybridized carbons (Fsp3) is 0.237. The lowest BCUT2D eigenvalue weighted by atomic mass is 10.00. The third-order valence-electron chi connectivity index (χ3n) is 9.86. The van der Waals surface area contributed by atoms with Gasteiger partial charge in [0.05, 0.1) is 42.7 Å². The highest BCUT2D eigenvalue weighted by molar-refractivity contribution is 6.04. The Balaban J connectivity index is 0.000000434. The van der Waals surface area contributed by atoms with Crippen LogP contribution in [-0.2, 0) is 4.79 Å². The lowest BCUT2D eigenvalue weighted by Gasteiger charge is -2.05. The number of benzene rings is 6. The largest absolute Gasteiger partial charge is 0.497 e. The number of ketones is 7. The van der Waals surface area contributed by atoms with Crippen LogP contribution in [0.5, 0.6) is 34.5 Å². The van der Waals surface area contributed by atoms with E-state index < -0.39 is 0 Å². The molecule has 0 atom stereocenters. The molecule has 6 aromatic carbocycles. The molecule has 0 N–H and O–H groups in total. The van der Waals surface area contributed by atoms with Crippen LogP contribution in [0.4, 0.5) is 0 Å². The summed E-state index contributed by atoms with van der Waals surface area (Å²) in [5, 5.41) is 0. The van der Waals surface area contributed by atoms with Crippen molar-refractivity contribution in [3.05, 3.63) is 184 Å². The molecule has 0 amide bonds. The monoisotopic (exact) mass is 982 g/mol. The van der Waals surface area contributed by atoms with Gasteiger partial charge in [-0.1, -0.05) is 54.6 Å². The van der Waals surface area contributed by atoms with E-state index in [1.165, 1.54) is 59.7 Å². The molecule has 6 rings (SSSR count). The quantitative estimate of drug-likeness (QED) is 0.0745. The zero-order valence-electron chi connectivity index (χ0n) is 43.7. The van der Waals surface area contributed by atoms with E-state index in [0.717, 1.165) is 45.6 Å². The van der Waals surface area contributed by atoms with Gasteiger partial charge in [0, 0.05) is 33.4 Å². The van der Waals surface area contributed by atoms with Gasteiger partial charge in [0.15, 0.2) is 52.0 Å². The van der Waals surface area contributed by atoms with Crippen molar-refractivity contribution in [1.29, 1.82) is 0 Å². The lowest BCUT2D eigenvalue weighted by Crippen LogP contribution is -2.03. The molecule has 13 nitrogen and oxygen atoms in total. The van der Waals surface area contributed by atoms with Crippen LogP contribution in [0.2, 0.25) is 0 Å². The van der Waals surface area contributed by atoms with Gasteiger partial charge >= 0.3 is 0 Å². The van der Waals surface area contributed by atoms with E-state index in [2.05, 4.69) is 0 Å². The molecular formula is C59H66O13. The average Bonchev–Trinajstić information content (AvgIpc) is 3.38. The number of hydrogen-bond donors (Lipinski definition) is 0. The number of Topliss-reactive ketones (excluding diaryl/α,β-unsaturated/α-hetero) is 6. The maximum atomic E-state index is 11.2. The Labute approximate surface area is 423 Å². The van der Waals surface area contributed by atoms with Crippen LogP contribution < -0.4 is 28.4 Å². The third kappa shape index (κ3) is 23.2. The minimum atomic E-state index is -0.152. The van der Waals surface area contributed by atoms with Crippen LogP contribution in [0, 0.1) is 6.92 Å². The van der Waals surface area contributed by atoms with Crippen LogP contribution in [0.25, 0.3) is 6.08 Å². The number of para-hydroxylation sites is 2. The van der Waals surface area contributed by atoms with Crippen molar-refractivity contribution in [1.82, 2.24) is 0 Å². The topological polar surface area (TPSA) is 175 Å². The van der Waals surface area contributed by atoms with Gasteiger partial charge in [-0.2, -0.15) is 0 Å². The fourth-order valence-electron chi connectivity index (χ4n) is 5.70. The van der Waals surface area contributed by atoms with E-state index >= 15 is 0 Å². The Hall–Kier alpha value is -8.45. The smallest absolute Gasteiger partial charge is 0.160 e. The second kappa shape index (κ2) is 33.1.